The molecule has 0 saturated carbocycles. The topological polar surface area (TPSA) is 17.8 Å². The average Bonchev–Trinajstić information content (AvgIpc) is 2.32. The first-order valence-corrected chi connectivity index (χ1v) is 6.04. The minimum Gasteiger partial charge on any atom is -0.253 e. The predicted octanol–water partition coefficient (Wildman–Crippen LogP) is 4.14. The van der Waals surface area contributed by atoms with E-state index < -0.39 is 0 Å². The van der Waals surface area contributed by atoms with Gasteiger partial charge < -0.3 is 0 Å². The number of hydrogen-bond donors (Lipinski definition) is 0. The summed E-state index contributed by atoms with van der Waals surface area (Å²) in [6, 6.07) is 0.418. The average molecular weight is 361 g/mol. The lowest BCUT2D eigenvalue weighted by Gasteiger charge is -2.09. The number of rotatable bonds is 2. The van der Waals surface area contributed by atoms with Gasteiger partial charge in [-0.25, -0.2) is 0 Å². The molecule has 0 aromatic carbocycles. The highest BCUT2D eigenvalue weighted by Crippen LogP contribution is 2.32. The van der Waals surface area contributed by atoms with Gasteiger partial charge in [-0.15, -0.1) is 0 Å². The first kappa shape index (κ1) is 10.7. The summed E-state index contributed by atoms with van der Waals surface area (Å²) in [6.45, 7) is 4.28. The number of hydrogen-bond acceptors (Lipinski definition) is 1. The molecular formula is C7H9Br3N2. The summed E-state index contributed by atoms with van der Waals surface area (Å²) in [4.78, 5) is 0. The zero-order valence-electron chi connectivity index (χ0n) is 6.81. The van der Waals surface area contributed by atoms with Crippen molar-refractivity contribution in [1.29, 1.82) is 0 Å². The van der Waals surface area contributed by atoms with Crippen LogP contribution in [-0.4, -0.2) is 9.78 Å². The van der Waals surface area contributed by atoms with E-state index in [0.29, 0.717) is 6.04 Å². The minimum atomic E-state index is 0.418. The molecular weight excluding hydrogens is 352 g/mol. The Kier molecular flexibility index (Phi) is 3.79. The van der Waals surface area contributed by atoms with E-state index in [-0.39, 0.29) is 0 Å². The van der Waals surface area contributed by atoms with Crippen LogP contribution in [-0.2, 0) is 0 Å². The lowest BCUT2D eigenvalue weighted by atomic mass is 10.3. The number of aromatic nitrogens is 2. The van der Waals surface area contributed by atoms with Gasteiger partial charge >= 0.3 is 0 Å². The Hall–Kier alpha value is 0.650. The molecule has 0 aliphatic rings. The molecule has 0 saturated heterocycles. The summed E-state index contributed by atoms with van der Waals surface area (Å²) >= 11 is 10.2. The van der Waals surface area contributed by atoms with E-state index in [4.69, 9.17) is 0 Å². The van der Waals surface area contributed by atoms with E-state index in [2.05, 4.69) is 66.7 Å². The lowest BCUT2D eigenvalue weighted by Crippen LogP contribution is -2.05. The van der Waals surface area contributed by atoms with Gasteiger partial charge in [0, 0.05) is 0 Å². The number of halogens is 3. The van der Waals surface area contributed by atoms with Crippen LogP contribution in [0.2, 0.25) is 0 Å². The molecule has 0 N–H and O–H groups in total. The van der Waals surface area contributed by atoms with Gasteiger partial charge in [-0.2, -0.15) is 5.10 Å². The van der Waals surface area contributed by atoms with Gasteiger partial charge in [0.05, 0.1) is 10.5 Å². The Labute approximate surface area is 97.1 Å². The van der Waals surface area contributed by atoms with Crippen molar-refractivity contribution in [3.05, 3.63) is 13.7 Å². The molecule has 5 heteroatoms. The smallest absolute Gasteiger partial charge is 0.143 e. The maximum atomic E-state index is 4.32. The molecule has 0 aliphatic heterocycles. The zero-order chi connectivity index (χ0) is 9.30. The molecule has 1 unspecified atom stereocenters. The largest absolute Gasteiger partial charge is 0.253 e. The number of nitrogens with zero attached hydrogens (tertiary/aromatic N) is 2. The van der Waals surface area contributed by atoms with E-state index in [1.807, 2.05) is 4.68 Å². The highest BCUT2D eigenvalue weighted by Gasteiger charge is 2.14. The molecule has 12 heavy (non-hydrogen) atoms. The SMILES string of the molecule is CCC(C)n1nc(Br)c(Br)c1Br. The maximum Gasteiger partial charge on any atom is 0.143 e. The van der Waals surface area contributed by atoms with Crippen LogP contribution in [0.25, 0.3) is 0 Å². The van der Waals surface area contributed by atoms with Gasteiger partial charge in [-0.3, -0.25) is 4.68 Å². The molecule has 68 valence electrons. The standard InChI is InChI=1S/C7H9Br3N2/c1-3-4(2)12-7(10)5(8)6(9)11-12/h4H,3H2,1-2H3. The fourth-order valence-corrected chi connectivity index (χ4v) is 2.34. The van der Waals surface area contributed by atoms with Crippen LogP contribution in [0.3, 0.4) is 0 Å². The summed E-state index contributed by atoms with van der Waals surface area (Å²) in [5, 5.41) is 4.32. The van der Waals surface area contributed by atoms with Gasteiger partial charge in [0.15, 0.2) is 0 Å². The molecule has 2 nitrogen and oxygen atoms in total. The summed E-state index contributed by atoms with van der Waals surface area (Å²) < 4.78 is 4.76. The molecule has 0 amide bonds. The Bertz CT molecular complexity index is 282. The van der Waals surface area contributed by atoms with Gasteiger partial charge in [0.25, 0.3) is 0 Å². The fourth-order valence-electron chi connectivity index (χ4n) is 0.833. The maximum absolute atomic E-state index is 4.32. The molecule has 1 aromatic heterocycles. The Morgan fingerprint density at radius 2 is 2.00 bits per heavy atom. The molecule has 1 heterocycles. The molecule has 0 radical (unpaired) electrons. The highest BCUT2D eigenvalue weighted by atomic mass is 79.9. The van der Waals surface area contributed by atoms with Gasteiger partial charge in [0.2, 0.25) is 0 Å². The third-order valence-electron chi connectivity index (χ3n) is 1.77. The molecule has 1 atom stereocenters. The molecule has 0 aliphatic carbocycles. The van der Waals surface area contributed by atoms with Crippen LogP contribution in [0.4, 0.5) is 0 Å². The zero-order valence-corrected chi connectivity index (χ0v) is 11.6. The molecule has 0 spiro atoms. The van der Waals surface area contributed by atoms with Crippen molar-refractivity contribution < 1.29 is 0 Å². The van der Waals surface area contributed by atoms with Crippen molar-refractivity contribution in [1.82, 2.24) is 9.78 Å². The first-order valence-electron chi connectivity index (χ1n) is 3.67. The van der Waals surface area contributed by atoms with Crippen LogP contribution in [0.5, 0.6) is 0 Å². The van der Waals surface area contributed by atoms with Crippen LogP contribution >= 0.6 is 47.8 Å². The van der Waals surface area contributed by atoms with E-state index in [1.54, 1.807) is 0 Å². The third kappa shape index (κ3) is 1.93. The Balaban J connectivity index is 3.08. The van der Waals surface area contributed by atoms with E-state index in [1.165, 1.54) is 0 Å². The molecule has 0 fully saturated rings. The highest BCUT2D eigenvalue weighted by molar-refractivity contribution is 9.14. The fraction of sp³-hybridized carbons (Fsp3) is 0.571. The van der Waals surface area contributed by atoms with Crippen molar-refractivity contribution in [2.75, 3.05) is 0 Å². The van der Waals surface area contributed by atoms with Crippen LogP contribution in [0.1, 0.15) is 26.3 Å². The predicted molar refractivity (Wildman–Crippen MR) is 60.3 cm³/mol. The van der Waals surface area contributed by atoms with E-state index >= 15 is 0 Å². The van der Waals surface area contributed by atoms with E-state index in [0.717, 1.165) is 20.1 Å². The summed E-state index contributed by atoms with van der Waals surface area (Å²) in [6.07, 6.45) is 1.07. The quantitative estimate of drug-likeness (QED) is 0.775. The first-order chi connectivity index (χ1) is 5.57. The summed E-state index contributed by atoms with van der Waals surface area (Å²) in [5.41, 5.74) is 0. The summed E-state index contributed by atoms with van der Waals surface area (Å²) in [5.74, 6) is 0. The third-order valence-corrected chi connectivity index (χ3v) is 4.90. The molecule has 1 rings (SSSR count). The second kappa shape index (κ2) is 4.24. The second-order valence-electron chi connectivity index (χ2n) is 2.60. The lowest BCUT2D eigenvalue weighted by molar-refractivity contribution is 0.467. The monoisotopic (exact) mass is 358 g/mol. The molecule has 0 bridgehead atoms. The Morgan fingerprint density at radius 3 is 2.33 bits per heavy atom. The van der Waals surface area contributed by atoms with Crippen molar-refractivity contribution >= 4 is 47.8 Å². The van der Waals surface area contributed by atoms with Crippen molar-refractivity contribution in [3.8, 4) is 0 Å². The van der Waals surface area contributed by atoms with Crippen LogP contribution < -0.4 is 0 Å². The Morgan fingerprint density at radius 1 is 1.42 bits per heavy atom. The summed E-state index contributed by atoms with van der Waals surface area (Å²) in [7, 11) is 0. The second-order valence-corrected chi connectivity index (χ2v) is 4.89. The van der Waals surface area contributed by atoms with Crippen LogP contribution in [0.15, 0.2) is 13.7 Å². The van der Waals surface area contributed by atoms with Gasteiger partial charge in [-0.1, -0.05) is 6.92 Å². The van der Waals surface area contributed by atoms with Crippen molar-refractivity contribution in [3.63, 3.8) is 0 Å². The van der Waals surface area contributed by atoms with Crippen molar-refractivity contribution in [2.45, 2.75) is 26.3 Å². The molecule has 1 aromatic rings. The van der Waals surface area contributed by atoms with E-state index in [9.17, 15) is 0 Å². The normalized spacial score (nSPS) is 13.4. The minimum absolute atomic E-state index is 0.418. The van der Waals surface area contributed by atoms with Crippen molar-refractivity contribution in [2.24, 2.45) is 0 Å². The van der Waals surface area contributed by atoms with Crippen LogP contribution in [0, 0.1) is 0 Å². The van der Waals surface area contributed by atoms with Gasteiger partial charge in [0.1, 0.15) is 9.21 Å². The van der Waals surface area contributed by atoms with Gasteiger partial charge in [-0.05, 0) is 61.1 Å².